The monoisotopic (exact) mass is 632 g/mol. The number of methoxy groups -OCH3 is 1. The van der Waals surface area contributed by atoms with E-state index in [0.717, 1.165) is 41.9 Å². The standard InChI is InChI=1S/C36H40N8O3/c1-40-19-26(14-38-40)35(45)41-15-22(16-41)18-44-33-27(11-25(13-31(33)47-2)36(46)43-20-24-9-10-29(43)32(24)37)39-34(44)30-12-23-5-3-4-6-28(23)42(30)17-21-7-8-21/h3-6,11-14,19,21-22,24,29,32H,7-10,15-18,20,37H2,1-2H3/t24?,29?,32-/m1/s1. The maximum atomic E-state index is 13.9. The first-order valence-corrected chi connectivity index (χ1v) is 16.9. The molecule has 2 aliphatic heterocycles. The summed E-state index contributed by atoms with van der Waals surface area (Å²) in [6.07, 6.45) is 7.93. The Balaban J connectivity index is 1.12. The number of hydrogen-bond donors (Lipinski definition) is 1. The van der Waals surface area contributed by atoms with Gasteiger partial charge in [-0.15, -0.1) is 0 Å². The van der Waals surface area contributed by atoms with Crippen LogP contribution in [0.4, 0.5) is 0 Å². The highest BCUT2D eigenvalue weighted by Gasteiger charge is 2.47. The number of aromatic nitrogens is 5. The molecule has 2 aromatic carbocycles. The zero-order chi connectivity index (χ0) is 32.0. The molecule has 11 nitrogen and oxygen atoms in total. The molecule has 47 heavy (non-hydrogen) atoms. The summed E-state index contributed by atoms with van der Waals surface area (Å²) in [5, 5.41) is 5.36. The van der Waals surface area contributed by atoms with Crippen molar-refractivity contribution in [2.24, 2.45) is 30.5 Å². The first-order chi connectivity index (χ1) is 22.9. The predicted molar refractivity (Wildman–Crippen MR) is 178 cm³/mol. The van der Waals surface area contributed by atoms with Crippen molar-refractivity contribution in [3.63, 3.8) is 0 Å². The van der Waals surface area contributed by atoms with Crippen molar-refractivity contribution in [2.45, 2.75) is 50.9 Å². The molecule has 4 aliphatic rings. The summed E-state index contributed by atoms with van der Waals surface area (Å²) >= 11 is 0. The van der Waals surface area contributed by atoms with E-state index in [1.807, 2.05) is 29.0 Å². The van der Waals surface area contributed by atoms with Crippen LogP contribution in [0.5, 0.6) is 5.75 Å². The van der Waals surface area contributed by atoms with E-state index in [-0.39, 0.29) is 29.8 Å². The molecule has 3 aromatic heterocycles. The summed E-state index contributed by atoms with van der Waals surface area (Å²) in [7, 11) is 3.48. The summed E-state index contributed by atoms with van der Waals surface area (Å²) < 4.78 is 12.4. The van der Waals surface area contributed by atoms with Crippen molar-refractivity contribution in [2.75, 3.05) is 26.7 Å². The second kappa shape index (κ2) is 10.7. The first-order valence-electron chi connectivity index (χ1n) is 16.9. The summed E-state index contributed by atoms with van der Waals surface area (Å²) in [6, 6.07) is 14.7. The number of hydrogen-bond acceptors (Lipinski definition) is 6. The van der Waals surface area contributed by atoms with Crippen LogP contribution in [0, 0.1) is 17.8 Å². The van der Waals surface area contributed by atoms with Crippen molar-refractivity contribution in [3.05, 3.63) is 66.0 Å². The minimum Gasteiger partial charge on any atom is -0.494 e. The van der Waals surface area contributed by atoms with E-state index in [9.17, 15) is 9.59 Å². The Hall–Kier alpha value is -4.64. The smallest absolute Gasteiger partial charge is 0.257 e. The maximum Gasteiger partial charge on any atom is 0.257 e. The fraction of sp³-hybridized carbons (Fsp3) is 0.444. The van der Waals surface area contributed by atoms with Gasteiger partial charge in [-0.1, -0.05) is 18.2 Å². The maximum absolute atomic E-state index is 13.9. The minimum absolute atomic E-state index is 0.00431. The Morgan fingerprint density at radius 1 is 0.936 bits per heavy atom. The van der Waals surface area contributed by atoms with Gasteiger partial charge in [0.25, 0.3) is 11.8 Å². The van der Waals surface area contributed by atoms with Crippen LogP contribution in [-0.2, 0) is 20.1 Å². The lowest BCUT2D eigenvalue weighted by atomic mass is 9.99. The molecule has 9 rings (SSSR count). The van der Waals surface area contributed by atoms with Gasteiger partial charge in [0.1, 0.15) is 11.3 Å². The lowest BCUT2D eigenvalue weighted by molar-refractivity contribution is 0.0471. The minimum atomic E-state index is -0.00431. The van der Waals surface area contributed by atoms with Gasteiger partial charge in [-0.3, -0.25) is 14.3 Å². The first kappa shape index (κ1) is 28.6. The second-order valence-corrected chi connectivity index (χ2v) is 14.2. The molecule has 5 aromatic rings. The third-order valence-electron chi connectivity index (χ3n) is 11.0. The fourth-order valence-corrected chi connectivity index (χ4v) is 8.30. The Kier molecular flexibility index (Phi) is 6.50. The van der Waals surface area contributed by atoms with E-state index in [1.54, 1.807) is 24.2 Å². The largest absolute Gasteiger partial charge is 0.494 e. The van der Waals surface area contributed by atoms with Gasteiger partial charge in [0.2, 0.25) is 0 Å². The summed E-state index contributed by atoms with van der Waals surface area (Å²) in [6.45, 7) is 3.62. The number of rotatable bonds is 8. The van der Waals surface area contributed by atoms with E-state index in [1.165, 1.54) is 23.7 Å². The van der Waals surface area contributed by atoms with Gasteiger partial charge < -0.3 is 29.4 Å². The number of para-hydroxylation sites is 1. The number of carbonyl (C=O) groups excluding carboxylic acids is 2. The molecule has 2 saturated carbocycles. The molecule has 2 unspecified atom stereocenters. The number of imidazole rings is 1. The predicted octanol–water partition coefficient (Wildman–Crippen LogP) is 4.14. The Bertz CT molecular complexity index is 2050. The number of ether oxygens (including phenoxy) is 1. The molecule has 0 radical (unpaired) electrons. The zero-order valence-electron chi connectivity index (χ0n) is 26.9. The van der Waals surface area contributed by atoms with Crippen molar-refractivity contribution >= 4 is 33.8 Å². The van der Waals surface area contributed by atoms with E-state index in [4.69, 9.17) is 15.5 Å². The van der Waals surface area contributed by atoms with Gasteiger partial charge in [-0.2, -0.15) is 5.10 Å². The highest BCUT2D eigenvalue weighted by atomic mass is 16.5. The summed E-state index contributed by atoms with van der Waals surface area (Å²) in [4.78, 5) is 36.2. The van der Waals surface area contributed by atoms with Crippen molar-refractivity contribution in [3.8, 4) is 17.3 Å². The quantitative estimate of drug-likeness (QED) is 0.275. The molecule has 2 amide bonds. The molecule has 3 atom stereocenters. The number of benzene rings is 2. The second-order valence-electron chi connectivity index (χ2n) is 14.2. The van der Waals surface area contributed by atoms with Gasteiger partial charge in [0.05, 0.1) is 30.1 Å². The van der Waals surface area contributed by atoms with Crippen LogP contribution in [0.3, 0.4) is 0 Å². The number of nitrogens with two attached hydrogens (primary N) is 1. The average Bonchev–Trinajstić information content (AvgIpc) is 3.34. The third-order valence-corrected chi connectivity index (χ3v) is 11.0. The normalized spacial score (nSPS) is 22.5. The molecule has 2 aliphatic carbocycles. The number of carbonyl (C=O) groups is 2. The van der Waals surface area contributed by atoms with Crippen LogP contribution in [0.25, 0.3) is 33.5 Å². The van der Waals surface area contributed by atoms with Crippen LogP contribution in [0.15, 0.2) is 54.9 Å². The zero-order valence-corrected chi connectivity index (χ0v) is 26.9. The SMILES string of the molecule is COc1cc(C(=O)N2CC3CCC2[C@@H]3N)cc2nc(-c3cc4ccccc4n3CC3CC3)n(CC3CN(C(=O)c4cnn(C)c4)C3)c12. The Morgan fingerprint density at radius 2 is 1.74 bits per heavy atom. The van der Waals surface area contributed by atoms with Crippen LogP contribution < -0.4 is 10.5 Å². The Labute approximate surface area is 272 Å². The molecule has 2 saturated heterocycles. The van der Waals surface area contributed by atoms with Gasteiger partial charge in [0, 0.05) is 80.4 Å². The topological polar surface area (TPSA) is 116 Å². The number of piperidine rings is 1. The highest BCUT2D eigenvalue weighted by Crippen LogP contribution is 2.41. The van der Waals surface area contributed by atoms with Crippen molar-refractivity contribution in [1.82, 2.24) is 33.7 Å². The van der Waals surface area contributed by atoms with Crippen molar-refractivity contribution < 1.29 is 14.3 Å². The van der Waals surface area contributed by atoms with E-state index in [2.05, 4.69) is 44.6 Å². The Morgan fingerprint density at radius 3 is 2.45 bits per heavy atom. The van der Waals surface area contributed by atoms with Gasteiger partial charge in [-0.05, 0) is 61.8 Å². The van der Waals surface area contributed by atoms with E-state index >= 15 is 0 Å². The summed E-state index contributed by atoms with van der Waals surface area (Å²) in [5.74, 6) is 2.77. The lowest BCUT2D eigenvalue weighted by Crippen LogP contribution is -2.51. The number of nitrogens with zero attached hydrogens (tertiary/aromatic N) is 7. The van der Waals surface area contributed by atoms with Crippen LogP contribution in [-0.4, -0.2) is 84.3 Å². The molecule has 2 N–H and O–H groups in total. The molecule has 5 heterocycles. The number of aryl methyl sites for hydroxylation is 1. The van der Waals surface area contributed by atoms with E-state index < -0.39 is 0 Å². The number of amides is 2. The molecular formula is C36H40N8O3. The van der Waals surface area contributed by atoms with Crippen molar-refractivity contribution in [1.29, 1.82) is 0 Å². The van der Waals surface area contributed by atoms with Crippen LogP contribution >= 0.6 is 0 Å². The van der Waals surface area contributed by atoms with Gasteiger partial charge in [0.15, 0.2) is 5.82 Å². The molecule has 2 bridgehead atoms. The average molecular weight is 633 g/mol. The summed E-state index contributed by atoms with van der Waals surface area (Å²) in [5.41, 5.74) is 11.5. The van der Waals surface area contributed by atoms with E-state index in [0.29, 0.717) is 54.9 Å². The number of likely N-dealkylation sites (tertiary alicyclic amines) is 2. The van der Waals surface area contributed by atoms with Crippen LogP contribution in [0.2, 0.25) is 0 Å². The van der Waals surface area contributed by atoms with Gasteiger partial charge >= 0.3 is 0 Å². The molecular weight excluding hydrogens is 592 g/mol. The van der Waals surface area contributed by atoms with Gasteiger partial charge in [-0.25, -0.2) is 4.98 Å². The highest BCUT2D eigenvalue weighted by molar-refractivity contribution is 6.00. The molecule has 242 valence electrons. The van der Waals surface area contributed by atoms with Crippen LogP contribution in [0.1, 0.15) is 46.4 Å². The lowest BCUT2D eigenvalue weighted by Gasteiger charge is -2.39. The molecule has 4 fully saturated rings. The fourth-order valence-electron chi connectivity index (χ4n) is 8.30. The third kappa shape index (κ3) is 4.65. The number of fused-ring (bicyclic) bond motifs is 4. The molecule has 11 heteroatoms. The molecule has 0 spiro atoms.